The number of likely N-dealkylation sites (N-methyl/N-ethyl adjacent to an activating group) is 1. The van der Waals surface area contributed by atoms with Crippen LogP contribution in [0.15, 0.2) is 18.2 Å². The van der Waals surface area contributed by atoms with Gasteiger partial charge in [-0.05, 0) is 39.1 Å². The molecule has 1 aromatic heterocycles. The molecular weight excluding hydrogens is 238 g/mol. The molecule has 4 nitrogen and oxygen atoms in total. The highest BCUT2D eigenvalue weighted by molar-refractivity contribution is 5.91. The summed E-state index contributed by atoms with van der Waals surface area (Å²) in [5, 5.41) is 2.82. The summed E-state index contributed by atoms with van der Waals surface area (Å²) in [4.78, 5) is 18.1. The maximum atomic E-state index is 11.8. The van der Waals surface area contributed by atoms with E-state index in [1.807, 2.05) is 32.2 Å². The van der Waals surface area contributed by atoms with Crippen LogP contribution in [-0.4, -0.2) is 35.9 Å². The van der Waals surface area contributed by atoms with Crippen molar-refractivity contribution < 1.29 is 4.79 Å². The third kappa shape index (κ3) is 6.91. The van der Waals surface area contributed by atoms with Gasteiger partial charge in [-0.2, -0.15) is 0 Å². The first-order valence-corrected chi connectivity index (χ1v) is 7.04. The van der Waals surface area contributed by atoms with Gasteiger partial charge >= 0.3 is 0 Å². The lowest BCUT2D eigenvalue weighted by Gasteiger charge is -2.15. The predicted octanol–water partition coefficient (Wildman–Crippen LogP) is 2.84. The minimum Gasteiger partial charge on any atom is -0.310 e. The number of carbonyl (C=O) groups excluding carboxylic acids is 1. The van der Waals surface area contributed by atoms with Crippen LogP contribution in [0, 0.1) is 6.92 Å². The first kappa shape index (κ1) is 15.6. The SMILES string of the molecule is CCCCCCN(C)CC(=O)Nc1cccc(C)n1. The summed E-state index contributed by atoms with van der Waals surface area (Å²) in [7, 11) is 1.98. The van der Waals surface area contributed by atoms with E-state index in [0.29, 0.717) is 12.4 Å². The molecule has 0 aliphatic rings. The van der Waals surface area contributed by atoms with E-state index in [9.17, 15) is 4.79 Å². The maximum absolute atomic E-state index is 11.8. The Hall–Kier alpha value is -1.42. The zero-order valence-corrected chi connectivity index (χ0v) is 12.3. The Morgan fingerprint density at radius 3 is 2.79 bits per heavy atom. The zero-order valence-electron chi connectivity index (χ0n) is 12.3. The third-order valence-corrected chi connectivity index (χ3v) is 2.96. The fraction of sp³-hybridized carbons (Fsp3) is 0.600. The van der Waals surface area contributed by atoms with Gasteiger partial charge in [-0.1, -0.05) is 32.3 Å². The van der Waals surface area contributed by atoms with E-state index in [1.165, 1.54) is 19.3 Å². The number of amides is 1. The Labute approximate surface area is 116 Å². The van der Waals surface area contributed by atoms with Crippen molar-refractivity contribution in [3.05, 3.63) is 23.9 Å². The summed E-state index contributed by atoms with van der Waals surface area (Å²) in [6, 6.07) is 5.62. The molecule has 0 spiro atoms. The molecule has 4 heteroatoms. The number of anilines is 1. The lowest BCUT2D eigenvalue weighted by atomic mass is 10.2. The quantitative estimate of drug-likeness (QED) is 0.734. The summed E-state index contributed by atoms with van der Waals surface area (Å²) in [5.41, 5.74) is 0.908. The molecule has 0 saturated carbocycles. The molecule has 0 atom stereocenters. The van der Waals surface area contributed by atoms with E-state index in [4.69, 9.17) is 0 Å². The van der Waals surface area contributed by atoms with Crippen LogP contribution in [-0.2, 0) is 4.79 Å². The van der Waals surface area contributed by atoms with Crippen molar-refractivity contribution in [3.8, 4) is 0 Å². The maximum Gasteiger partial charge on any atom is 0.239 e. The van der Waals surface area contributed by atoms with Gasteiger partial charge in [-0.3, -0.25) is 9.69 Å². The lowest BCUT2D eigenvalue weighted by Crippen LogP contribution is -2.31. The van der Waals surface area contributed by atoms with Crippen molar-refractivity contribution in [2.45, 2.75) is 39.5 Å². The molecule has 0 fully saturated rings. The minimum absolute atomic E-state index is 0.00362. The Bertz CT molecular complexity index is 393. The van der Waals surface area contributed by atoms with Crippen molar-refractivity contribution in [3.63, 3.8) is 0 Å². The summed E-state index contributed by atoms with van der Waals surface area (Å²) < 4.78 is 0. The number of hydrogen-bond donors (Lipinski definition) is 1. The van der Waals surface area contributed by atoms with Gasteiger partial charge in [0.25, 0.3) is 0 Å². The van der Waals surface area contributed by atoms with Crippen molar-refractivity contribution in [1.82, 2.24) is 9.88 Å². The second-order valence-electron chi connectivity index (χ2n) is 5.01. The molecule has 0 radical (unpaired) electrons. The monoisotopic (exact) mass is 263 g/mol. The second-order valence-corrected chi connectivity index (χ2v) is 5.01. The highest BCUT2D eigenvalue weighted by Gasteiger charge is 2.07. The summed E-state index contributed by atoms with van der Waals surface area (Å²) in [6.45, 7) is 5.50. The van der Waals surface area contributed by atoms with Crippen molar-refractivity contribution in [2.75, 3.05) is 25.5 Å². The molecule has 1 aromatic rings. The Kier molecular flexibility index (Phi) is 7.11. The number of aryl methyl sites for hydroxylation is 1. The molecular formula is C15H25N3O. The Balaban J connectivity index is 2.26. The standard InChI is InChI=1S/C15H25N3O/c1-4-5-6-7-11-18(3)12-15(19)17-14-10-8-9-13(2)16-14/h8-10H,4-7,11-12H2,1-3H3,(H,16,17,19). The molecule has 1 N–H and O–H groups in total. The number of unbranched alkanes of at least 4 members (excludes halogenated alkanes) is 3. The van der Waals surface area contributed by atoms with Crippen LogP contribution >= 0.6 is 0 Å². The van der Waals surface area contributed by atoms with Gasteiger partial charge in [0, 0.05) is 5.69 Å². The number of carbonyl (C=O) groups is 1. The number of nitrogens with one attached hydrogen (secondary N) is 1. The highest BCUT2D eigenvalue weighted by atomic mass is 16.2. The van der Waals surface area contributed by atoms with Crippen molar-refractivity contribution >= 4 is 11.7 Å². The van der Waals surface area contributed by atoms with Crippen LogP contribution in [0.5, 0.6) is 0 Å². The lowest BCUT2D eigenvalue weighted by molar-refractivity contribution is -0.117. The predicted molar refractivity (Wildman–Crippen MR) is 79.2 cm³/mol. The molecule has 0 unspecified atom stereocenters. The van der Waals surface area contributed by atoms with Crippen molar-refractivity contribution in [1.29, 1.82) is 0 Å². The van der Waals surface area contributed by atoms with E-state index in [-0.39, 0.29) is 5.91 Å². The first-order valence-electron chi connectivity index (χ1n) is 7.04. The van der Waals surface area contributed by atoms with Gasteiger partial charge in [0.15, 0.2) is 0 Å². The number of hydrogen-bond acceptors (Lipinski definition) is 3. The molecule has 1 rings (SSSR count). The molecule has 0 aliphatic carbocycles. The third-order valence-electron chi connectivity index (χ3n) is 2.96. The average molecular weight is 263 g/mol. The summed E-state index contributed by atoms with van der Waals surface area (Å²) >= 11 is 0. The molecule has 106 valence electrons. The molecule has 1 heterocycles. The number of aromatic nitrogens is 1. The largest absolute Gasteiger partial charge is 0.310 e. The van der Waals surface area contributed by atoms with Crippen LogP contribution in [0.4, 0.5) is 5.82 Å². The normalized spacial score (nSPS) is 10.7. The summed E-state index contributed by atoms with van der Waals surface area (Å²) in [6.07, 6.45) is 4.90. The van der Waals surface area contributed by atoms with E-state index in [0.717, 1.165) is 18.7 Å². The smallest absolute Gasteiger partial charge is 0.239 e. The number of pyridine rings is 1. The minimum atomic E-state index is -0.00362. The van der Waals surface area contributed by atoms with Crippen LogP contribution in [0.25, 0.3) is 0 Å². The zero-order chi connectivity index (χ0) is 14.1. The van der Waals surface area contributed by atoms with Gasteiger partial charge in [0.2, 0.25) is 5.91 Å². The highest BCUT2D eigenvalue weighted by Crippen LogP contribution is 2.04. The topological polar surface area (TPSA) is 45.2 Å². The van der Waals surface area contributed by atoms with Crippen LogP contribution in [0.2, 0.25) is 0 Å². The number of rotatable bonds is 8. The van der Waals surface area contributed by atoms with E-state index in [2.05, 4.69) is 22.1 Å². The summed E-state index contributed by atoms with van der Waals surface area (Å²) in [5.74, 6) is 0.625. The number of nitrogens with zero attached hydrogens (tertiary/aromatic N) is 2. The molecule has 0 saturated heterocycles. The second kappa shape index (κ2) is 8.64. The van der Waals surface area contributed by atoms with Gasteiger partial charge in [0.05, 0.1) is 6.54 Å². The fourth-order valence-corrected chi connectivity index (χ4v) is 1.93. The van der Waals surface area contributed by atoms with Gasteiger partial charge in [-0.25, -0.2) is 4.98 Å². The molecule has 19 heavy (non-hydrogen) atoms. The molecule has 0 bridgehead atoms. The van der Waals surface area contributed by atoms with E-state index < -0.39 is 0 Å². The van der Waals surface area contributed by atoms with Crippen molar-refractivity contribution in [2.24, 2.45) is 0 Å². The Morgan fingerprint density at radius 2 is 2.11 bits per heavy atom. The van der Waals surface area contributed by atoms with Crippen LogP contribution in [0.1, 0.15) is 38.3 Å². The Morgan fingerprint density at radius 1 is 1.32 bits per heavy atom. The van der Waals surface area contributed by atoms with Crippen LogP contribution < -0.4 is 5.32 Å². The van der Waals surface area contributed by atoms with Gasteiger partial charge in [0.1, 0.15) is 5.82 Å². The van der Waals surface area contributed by atoms with Gasteiger partial charge in [-0.15, -0.1) is 0 Å². The fourth-order valence-electron chi connectivity index (χ4n) is 1.93. The molecule has 1 amide bonds. The first-order chi connectivity index (χ1) is 9.11. The molecule has 0 aliphatic heterocycles. The van der Waals surface area contributed by atoms with E-state index in [1.54, 1.807) is 0 Å². The average Bonchev–Trinajstić information content (AvgIpc) is 2.34. The van der Waals surface area contributed by atoms with E-state index >= 15 is 0 Å². The molecule has 0 aromatic carbocycles. The van der Waals surface area contributed by atoms with Crippen LogP contribution in [0.3, 0.4) is 0 Å². The van der Waals surface area contributed by atoms with Gasteiger partial charge < -0.3 is 5.32 Å².